The van der Waals surface area contributed by atoms with Crippen LogP contribution in [0.2, 0.25) is 0 Å². The van der Waals surface area contributed by atoms with Gasteiger partial charge in [0.2, 0.25) is 10.0 Å². The van der Waals surface area contributed by atoms with Gasteiger partial charge in [-0.15, -0.1) is 11.3 Å². The van der Waals surface area contributed by atoms with Crippen LogP contribution >= 0.6 is 11.3 Å². The molecule has 0 amide bonds. The summed E-state index contributed by atoms with van der Waals surface area (Å²) in [5.41, 5.74) is 0. The van der Waals surface area contributed by atoms with Gasteiger partial charge in [-0.2, -0.15) is 0 Å². The van der Waals surface area contributed by atoms with E-state index in [4.69, 9.17) is 0 Å². The van der Waals surface area contributed by atoms with Crippen LogP contribution < -0.4 is 5.32 Å². The Morgan fingerprint density at radius 2 is 2.14 bits per heavy atom. The molecule has 1 aliphatic rings. The number of hydrogen-bond donors (Lipinski definition) is 1. The molecule has 5 nitrogen and oxygen atoms in total. The van der Waals surface area contributed by atoms with Crippen LogP contribution in [0.5, 0.6) is 0 Å². The summed E-state index contributed by atoms with van der Waals surface area (Å²) in [4.78, 5) is 3.44. The van der Waals surface area contributed by atoms with E-state index in [-0.39, 0.29) is 11.8 Å². The molecule has 2 rings (SSSR count). The van der Waals surface area contributed by atoms with Crippen molar-refractivity contribution in [1.82, 2.24) is 14.5 Å². The molecule has 1 unspecified atom stereocenters. The number of thiophene rings is 1. The fourth-order valence-electron chi connectivity index (χ4n) is 2.45. The van der Waals surface area contributed by atoms with Gasteiger partial charge in [0.25, 0.3) is 0 Å². The fourth-order valence-corrected chi connectivity index (χ4v) is 4.67. The smallest absolute Gasteiger partial charge is 0.215 e. The molecule has 1 atom stereocenters. The summed E-state index contributed by atoms with van der Waals surface area (Å²) in [6, 6.07) is 4.06. The Morgan fingerprint density at radius 3 is 2.76 bits per heavy atom. The lowest BCUT2D eigenvalue weighted by atomic mass is 10.2. The number of hydrogen-bond acceptors (Lipinski definition) is 5. The van der Waals surface area contributed by atoms with Crippen molar-refractivity contribution in [2.45, 2.75) is 19.4 Å². The third-order valence-electron chi connectivity index (χ3n) is 4.01. The fraction of sp³-hybridized carbons (Fsp3) is 0.714. The zero-order chi connectivity index (χ0) is 15.3. The Hall–Kier alpha value is -0.470. The lowest BCUT2D eigenvalue weighted by Crippen LogP contribution is -2.46. The van der Waals surface area contributed by atoms with E-state index in [0.717, 1.165) is 32.6 Å². The highest BCUT2D eigenvalue weighted by molar-refractivity contribution is 7.89. The first kappa shape index (κ1) is 16.9. The van der Waals surface area contributed by atoms with E-state index in [0.29, 0.717) is 6.54 Å². The quantitative estimate of drug-likeness (QED) is 0.805. The maximum Gasteiger partial charge on any atom is 0.215 e. The van der Waals surface area contributed by atoms with Crippen molar-refractivity contribution in [3.05, 3.63) is 22.4 Å². The molecular formula is C14H25N3O2S2. The first-order chi connectivity index (χ1) is 9.99. The number of piperazine rings is 1. The summed E-state index contributed by atoms with van der Waals surface area (Å²) in [6.45, 7) is 6.37. The van der Waals surface area contributed by atoms with Gasteiger partial charge in [0.1, 0.15) is 0 Å². The second kappa shape index (κ2) is 7.69. The average molecular weight is 332 g/mol. The van der Waals surface area contributed by atoms with Crippen molar-refractivity contribution in [2.75, 3.05) is 45.5 Å². The first-order valence-corrected chi connectivity index (χ1v) is 9.89. The Kier molecular flexibility index (Phi) is 6.19. The Labute approximate surface area is 132 Å². The third kappa shape index (κ3) is 5.03. The molecule has 120 valence electrons. The van der Waals surface area contributed by atoms with E-state index in [1.807, 2.05) is 18.4 Å². The summed E-state index contributed by atoms with van der Waals surface area (Å²) in [6.07, 6.45) is 0.779. The maximum atomic E-state index is 12.4. The van der Waals surface area contributed by atoms with Crippen molar-refractivity contribution in [3.63, 3.8) is 0 Å². The SMILES string of the molecule is CC(Cc1cccs1)N(C)S(=O)(=O)CCN1CCNCC1. The van der Waals surface area contributed by atoms with Crippen LogP contribution in [-0.2, 0) is 16.4 Å². The largest absolute Gasteiger partial charge is 0.314 e. The lowest BCUT2D eigenvalue weighted by molar-refractivity contribution is 0.252. The second-order valence-electron chi connectivity index (χ2n) is 5.56. The Bertz CT molecular complexity index is 510. The highest BCUT2D eigenvalue weighted by atomic mass is 32.2. The molecule has 1 aliphatic heterocycles. The molecule has 1 saturated heterocycles. The minimum atomic E-state index is -3.19. The van der Waals surface area contributed by atoms with Gasteiger partial charge in [-0.3, -0.25) is 4.90 Å². The minimum absolute atomic E-state index is 0.00308. The van der Waals surface area contributed by atoms with Crippen molar-refractivity contribution in [3.8, 4) is 0 Å². The molecule has 0 spiro atoms. The highest BCUT2D eigenvalue weighted by Crippen LogP contribution is 2.15. The van der Waals surface area contributed by atoms with Gasteiger partial charge in [0, 0.05) is 50.7 Å². The van der Waals surface area contributed by atoms with Crippen molar-refractivity contribution >= 4 is 21.4 Å². The zero-order valence-corrected chi connectivity index (χ0v) is 14.4. The molecule has 0 aromatic carbocycles. The minimum Gasteiger partial charge on any atom is -0.314 e. The standard InChI is InChI=1S/C14H25N3O2S2/c1-13(12-14-4-3-10-20-14)16(2)21(18,19)11-9-17-7-5-15-6-8-17/h3-4,10,13,15H,5-9,11-12H2,1-2H3. The summed E-state index contributed by atoms with van der Waals surface area (Å²) in [5, 5.41) is 5.31. The highest BCUT2D eigenvalue weighted by Gasteiger charge is 2.24. The third-order valence-corrected chi connectivity index (χ3v) is 6.85. The van der Waals surface area contributed by atoms with Crippen molar-refractivity contribution in [1.29, 1.82) is 0 Å². The summed E-state index contributed by atoms with van der Waals surface area (Å²) in [5.74, 6) is 0.207. The van der Waals surface area contributed by atoms with E-state index in [9.17, 15) is 8.42 Å². The van der Waals surface area contributed by atoms with Crippen LogP contribution in [0.25, 0.3) is 0 Å². The van der Waals surface area contributed by atoms with Crippen LogP contribution in [-0.4, -0.2) is 69.2 Å². The van der Waals surface area contributed by atoms with Gasteiger partial charge in [-0.1, -0.05) is 6.07 Å². The zero-order valence-electron chi connectivity index (χ0n) is 12.8. The number of likely N-dealkylation sites (N-methyl/N-ethyl adjacent to an activating group) is 1. The summed E-state index contributed by atoms with van der Waals surface area (Å²) < 4.78 is 26.4. The molecule has 0 saturated carbocycles. The molecule has 1 aromatic rings. The topological polar surface area (TPSA) is 52.7 Å². The molecule has 1 fully saturated rings. The van der Waals surface area contributed by atoms with Gasteiger partial charge in [-0.05, 0) is 24.8 Å². The van der Waals surface area contributed by atoms with Gasteiger partial charge < -0.3 is 5.32 Å². The van der Waals surface area contributed by atoms with E-state index in [1.54, 1.807) is 18.4 Å². The first-order valence-electron chi connectivity index (χ1n) is 7.40. The molecule has 1 N–H and O–H groups in total. The van der Waals surface area contributed by atoms with Crippen LogP contribution in [0, 0.1) is 0 Å². The molecule has 7 heteroatoms. The van der Waals surface area contributed by atoms with Crippen molar-refractivity contribution in [2.24, 2.45) is 0 Å². The van der Waals surface area contributed by atoms with E-state index >= 15 is 0 Å². The van der Waals surface area contributed by atoms with Crippen LogP contribution in [0.4, 0.5) is 0 Å². The summed E-state index contributed by atoms with van der Waals surface area (Å²) in [7, 11) is -1.49. The Balaban J connectivity index is 1.85. The number of nitrogens with zero attached hydrogens (tertiary/aromatic N) is 2. The molecule has 21 heavy (non-hydrogen) atoms. The molecular weight excluding hydrogens is 306 g/mol. The lowest BCUT2D eigenvalue weighted by Gasteiger charge is -2.29. The monoisotopic (exact) mass is 331 g/mol. The van der Waals surface area contributed by atoms with Crippen LogP contribution in [0.15, 0.2) is 17.5 Å². The molecule has 1 aromatic heterocycles. The van der Waals surface area contributed by atoms with Gasteiger partial charge in [-0.25, -0.2) is 12.7 Å². The van der Waals surface area contributed by atoms with Gasteiger partial charge in [0.05, 0.1) is 5.75 Å². The normalized spacial score (nSPS) is 19.0. The second-order valence-corrected chi connectivity index (χ2v) is 8.74. The van der Waals surface area contributed by atoms with E-state index < -0.39 is 10.0 Å². The summed E-state index contributed by atoms with van der Waals surface area (Å²) >= 11 is 1.68. The molecule has 2 heterocycles. The average Bonchev–Trinajstić information content (AvgIpc) is 2.98. The predicted molar refractivity (Wildman–Crippen MR) is 88.3 cm³/mol. The Morgan fingerprint density at radius 1 is 1.43 bits per heavy atom. The van der Waals surface area contributed by atoms with Crippen LogP contribution in [0.1, 0.15) is 11.8 Å². The molecule has 0 aliphatic carbocycles. The number of sulfonamides is 1. The van der Waals surface area contributed by atoms with E-state index in [2.05, 4.69) is 16.3 Å². The molecule has 0 bridgehead atoms. The maximum absolute atomic E-state index is 12.4. The number of rotatable bonds is 7. The predicted octanol–water partition coefficient (Wildman–Crippen LogP) is 0.846. The number of nitrogens with one attached hydrogen (secondary N) is 1. The van der Waals surface area contributed by atoms with Crippen LogP contribution in [0.3, 0.4) is 0 Å². The van der Waals surface area contributed by atoms with E-state index in [1.165, 1.54) is 9.18 Å². The van der Waals surface area contributed by atoms with Crippen molar-refractivity contribution < 1.29 is 8.42 Å². The van der Waals surface area contributed by atoms with Gasteiger partial charge in [0.15, 0.2) is 0 Å². The molecule has 0 radical (unpaired) electrons. The van der Waals surface area contributed by atoms with Gasteiger partial charge >= 0.3 is 0 Å².